The van der Waals surface area contributed by atoms with E-state index in [0.717, 1.165) is 11.3 Å². The fourth-order valence-electron chi connectivity index (χ4n) is 3.28. The predicted octanol–water partition coefficient (Wildman–Crippen LogP) is 2.72. The van der Waals surface area contributed by atoms with Crippen LogP contribution in [0.1, 0.15) is 26.3 Å². The average Bonchev–Trinajstić information content (AvgIpc) is 2.51. The molecule has 1 aromatic rings. The second kappa shape index (κ2) is 6.09. The molecule has 0 radical (unpaired) electrons. The van der Waals surface area contributed by atoms with E-state index in [1.165, 1.54) is 6.07 Å². The minimum Gasteiger partial charge on any atom is -0.489 e. The van der Waals surface area contributed by atoms with Crippen LogP contribution in [0.4, 0.5) is 16.2 Å². The number of nitro benzene ring substituents is 1. The number of fused-ring (bicyclic) bond motifs is 3. The van der Waals surface area contributed by atoms with Gasteiger partial charge in [0.25, 0.3) is 5.69 Å². The number of aryl methyl sites for hydroxylation is 1. The van der Waals surface area contributed by atoms with E-state index in [0.29, 0.717) is 32.0 Å². The number of nitrogens with zero attached hydrogens (tertiary/aromatic N) is 3. The van der Waals surface area contributed by atoms with Crippen molar-refractivity contribution >= 4 is 17.5 Å². The lowest BCUT2D eigenvalue weighted by atomic mass is 10.0. The molecule has 8 heteroatoms. The van der Waals surface area contributed by atoms with Crippen LogP contribution in [-0.4, -0.2) is 53.8 Å². The van der Waals surface area contributed by atoms with E-state index in [1.54, 1.807) is 11.0 Å². The molecule has 1 aromatic carbocycles. The van der Waals surface area contributed by atoms with Gasteiger partial charge in [0, 0.05) is 25.7 Å². The van der Waals surface area contributed by atoms with E-state index in [9.17, 15) is 14.9 Å². The van der Waals surface area contributed by atoms with Crippen LogP contribution in [-0.2, 0) is 4.74 Å². The van der Waals surface area contributed by atoms with E-state index in [1.807, 2.05) is 27.7 Å². The number of nitro groups is 1. The lowest BCUT2D eigenvalue weighted by molar-refractivity contribution is -0.385. The van der Waals surface area contributed by atoms with E-state index in [4.69, 9.17) is 9.47 Å². The molecule has 2 aliphatic heterocycles. The summed E-state index contributed by atoms with van der Waals surface area (Å²) >= 11 is 0. The van der Waals surface area contributed by atoms with Crippen molar-refractivity contribution in [1.29, 1.82) is 0 Å². The van der Waals surface area contributed by atoms with Gasteiger partial charge in [-0.25, -0.2) is 4.79 Å². The molecule has 1 atom stereocenters. The number of hydrogen-bond acceptors (Lipinski definition) is 6. The summed E-state index contributed by atoms with van der Waals surface area (Å²) in [7, 11) is 0. The predicted molar refractivity (Wildman–Crippen MR) is 92.3 cm³/mol. The first-order valence-corrected chi connectivity index (χ1v) is 8.32. The third-order valence-corrected chi connectivity index (χ3v) is 4.31. The standard InChI is InChI=1S/C17H23N3O5/c1-11-7-12(20(22)23)8-14-15(11)19-6-5-18(9-13(19)10-24-14)16(21)25-17(2,3)4/h7-8,13H,5-6,9-10H2,1-4H3/t13-/m1/s1. The van der Waals surface area contributed by atoms with Crippen LogP contribution in [0.25, 0.3) is 0 Å². The van der Waals surface area contributed by atoms with Crippen molar-refractivity contribution in [1.82, 2.24) is 4.90 Å². The molecule has 0 spiro atoms. The molecule has 0 saturated carbocycles. The molecular weight excluding hydrogens is 326 g/mol. The van der Waals surface area contributed by atoms with Gasteiger partial charge in [-0.05, 0) is 33.3 Å². The first-order valence-electron chi connectivity index (χ1n) is 8.32. The van der Waals surface area contributed by atoms with E-state index < -0.39 is 10.5 Å². The van der Waals surface area contributed by atoms with Crippen molar-refractivity contribution in [2.24, 2.45) is 0 Å². The summed E-state index contributed by atoms with van der Waals surface area (Å²) in [5.41, 5.74) is 1.19. The van der Waals surface area contributed by atoms with Crippen molar-refractivity contribution in [3.8, 4) is 5.75 Å². The summed E-state index contributed by atoms with van der Waals surface area (Å²) in [5, 5.41) is 11.0. The lowest BCUT2D eigenvalue weighted by Gasteiger charge is -2.46. The molecule has 1 fully saturated rings. The van der Waals surface area contributed by atoms with Gasteiger partial charge in [-0.15, -0.1) is 0 Å². The van der Waals surface area contributed by atoms with E-state index >= 15 is 0 Å². The number of carbonyl (C=O) groups excluding carboxylic acids is 1. The Bertz CT molecular complexity index is 713. The molecule has 0 aliphatic carbocycles. The third kappa shape index (κ3) is 3.47. The topological polar surface area (TPSA) is 85.2 Å². The van der Waals surface area contributed by atoms with Gasteiger partial charge in [0.1, 0.15) is 18.0 Å². The van der Waals surface area contributed by atoms with Crippen molar-refractivity contribution in [3.05, 3.63) is 27.8 Å². The van der Waals surface area contributed by atoms with Crippen LogP contribution in [0.15, 0.2) is 12.1 Å². The van der Waals surface area contributed by atoms with Gasteiger partial charge in [0.05, 0.1) is 22.7 Å². The van der Waals surface area contributed by atoms with Gasteiger partial charge < -0.3 is 19.3 Å². The summed E-state index contributed by atoms with van der Waals surface area (Å²) in [6.07, 6.45) is -0.321. The molecule has 2 heterocycles. The highest BCUT2D eigenvalue weighted by Crippen LogP contribution is 2.40. The molecule has 0 aromatic heterocycles. The van der Waals surface area contributed by atoms with Crippen LogP contribution >= 0.6 is 0 Å². The molecule has 8 nitrogen and oxygen atoms in total. The molecule has 25 heavy (non-hydrogen) atoms. The van der Waals surface area contributed by atoms with Crippen LogP contribution in [0.2, 0.25) is 0 Å². The summed E-state index contributed by atoms with van der Waals surface area (Å²) in [5.74, 6) is 0.536. The molecule has 1 amide bonds. The second-order valence-electron chi connectivity index (χ2n) is 7.45. The Balaban J connectivity index is 1.79. The zero-order valence-electron chi connectivity index (χ0n) is 14.9. The zero-order valence-corrected chi connectivity index (χ0v) is 14.9. The van der Waals surface area contributed by atoms with E-state index in [2.05, 4.69) is 4.90 Å². The van der Waals surface area contributed by atoms with Crippen LogP contribution in [0, 0.1) is 17.0 Å². The summed E-state index contributed by atoms with van der Waals surface area (Å²) in [4.78, 5) is 26.8. The minimum atomic E-state index is -0.528. The van der Waals surface area contributed by atoms with Crippen molar-refractivity contribution < 1.29 is 19.2 Å². The Morgan fingerprint density at radius 3 is 2.72 bits per heavy atom. The maximum absolute atomic E-state index is 12.3. The van der Waals surface area contributed by atoms with Gasteiger partial charge in [-0.2, -0.15) is 0 Å². The van der Waals surface area contributed by atoms with Crippen molar-refractivity contribution in [2.75, 3.05) is 31.1 Å². The van der Waals surface area contributed by atoms with Gasteiger partial charge in [0.15, 0.2) is 0 Å². The Labute approximate surface area is 146 Å². The Hall–Kier alpha value is -2.51. The SMILES string of the molecule is Cc1cc([N+](=O)[O-])cc2c1N1CCN(C(=O)OC(C)(C)C)C[C@@H]1CO2. The number of anilines is 1. The van der Waals surface area contributed by atoms with Gasteiger partial charge in [0.2, 0.25) is 0 Å². The molecule has 0 bridgehead atoms. The van der Waals surface area contributed by atoms with E-state index in [-0.39, 0.29) is 17.8 Å². The maximum Gasteiger partial charge on any atom is 0.410 e. The fourth-order valence-corrected chi connectivity index (χ4v) is 3.28. The van der Waals surface area contributed by atoms with Gasteiger partial charge >= 0.3 is 6.09 Å². The Morgan fingerprint density at radius 2 is 2.08 bits per heavy atom. The highest BCUT2D eigenvalue weighted by Gasteiger charge is 2.37. The number of non-ortho nitro benzene ring substituents is 1. The van der Waals surface area contributed by atoms with Crippen LogP contribution < -0.4 is 9.64 Å². The Morgan fingerprint density at radius 1 is 1.36 bits per heavy atom. The first kappa shape index (κ1) is 17.3. The molecule has 0 unspecified atom stereocenters. The average molecular weight is 349 g/mol. The molecular formula is C17H23N3O5. The third-order valence-electron chi connectivity index (χ3n) is 4.31. The van der Waals surface area contributed by atoms with Gasteiger partial charge in [-0.1, -0.05) is 0 Å². The molecule has 136 valence electrons. The van der Waals surface area contributed by atoms with Crippen LogP contribution in [0.3, 0.4) is 0 Å². The highest BCUT2D eigenvalue weighted by atomic mass is 16.6. The van der Waals surface area contributed by atoms with Crippen LogP contribution in [0.5, 0.6) is 5.75 Å². The quantitative estimate of drug-likeness (QED) is 0.572. The monoisotopic (exact) mass is 349 g/mol. The molecule has 2 aliphatic rings. The van der Waals surface area contributed by atoms with Gasteiger partial charge in [-0.3, -0.25) is 10.1 Å². The van der Waals surface area contributed by atoms with Crippen molar-refractivity contribution in [2.45, 2.75) is 39.3 Å². The number of carbonyl (C=O) groups is 1. The number of piperazine rings is 1. The zero-order chi connectivity index (χ0) is 18.4. The maximum atomic E-state index is 12.3. The summed E-state index contributed by atoms with van der Waals surface area (Å²) in [6, 6.07) is 3.04. The smallest absolute Gasteiger partial charge is 0.410 e. The summed E-state index contributed by atoms with van der Waals surface area (Å²) in [6.45, 7) is 9.45. The first-order chi connectivity index (χ1) is 11.7. The normalized spacial score (nSPS) is 19.6. The number of ether oxygens (including phenoxy) is 2. The lowest BCUT2D eigenvalue weighted by Crippen LogP contribution is -2.59. The number of hydrogen-bond donors (Lipinski definition) is 0. The van der Waals surface area contributed by atoms with Crippen molar-refractivity contribution in [3.63, 3.8) is 0 Å². The molecule has 0 N–H and O–H groups in total. The second-order valence-corrected chi connectivity index (χ2v) is 7.45. The number of benzene rings is 1. The fraction of sp³-hybridized carbons (Fsp3) is 0.588. The number of amides is 1. The molecule has 3 rings (SSSR count). The largest absolute Gasteiger partial charge is 0.489 e. The molecule has 1 saturated heterocycles. The number of rotatable bonds is 1. The summed E-state index contributed by atoms with van der Waals surface area (Å²) < 4.78 is 11.2. The Kier molecular flexibility index (Phi) is 4.22. The minimum absolute atomic E-state index is 0.00826. The highest BCUT2D eigenvalue weighted by molar-refractivity contribution is 5.72.